The summed E-state index contributed by atoms with van der Waals surface area (Å²) < 4.78 is 1.89. The largest absolute Gasteiger partial charge is 0.322 e. The number of non-ortho nitro benzene ring substituents is 2. The van der Waals surface area contributed by atoms with Crippen LogP contribution in [0.3, 0.4) is 0 Å². The van der Waals surface area contributed by atoms with Crippen LogP contribution in [0.5, 0.6) is 0 Å². The molecule has 0 unspecified atom stereocenters. The molecule has 0 saturated carbocycles. The predicted octanol–water partition coefficient (Wildman–Crippen LogP) is 4.07. The Morgan fingerprint density at radius 1 is 0.933 bits per heavy atom. The molecular formula is C20H13N5O5. The number of nitrogens with one attached hydrogen (secondary N) is 1. The Morgan fingerprint density at radius 2 is 1.60 bits per heavy atom. The van der Waals surface area contributed by atoms with E-state index in [1.54, 1.807) is 24.3 Å². The number of amides is 1. The van der Waals surface area contributed by atoms with Crippen LogP contribution in [0.1, 0.15) is 10.4 Å². The van der Waals surface area contributed by atoms with E-state index in [1.807, 2.05) is 35.0 Å². The first kappa shape index (κ1) is 18.7. The maximum atomic E-state index is 12.5. The highest BCUT2D eigenvalue weighted by atomic mass is 16.6. The molecule has 30 heavy (non-hydrogen) atoms. The van der Waals surface area contributed by atoms with Crippen molar-refractivity contribution in [1.29, 1.82) is 0 Å². The second-order valence-corrected chi connectivity index (χ2v) is 6.38. The average molecular weight is 403 g/mol. The fourth-order valence-corrected chi connectivity index (χ4v) is 2.94. The minimum atomic E-state index is -0.784. The number of aromatic nitrogens is 2. The Morgan fingerprint density at radius 3 is 2.20 bits per heavy atom. The lowest BCUT2D eigenvalue weighted by molar-refractivity contribution is -0.394. The number of fused-ring (bicyclic) bond motifs is 1. The smallest absolute Gasteiger partial charge is 0.277 e. The van der Waals surface area contributed by atoms with Crippen molar-refractivity contribution in [3.05, 3.63) is 98.8 Å². The van der Waals surface area contributed by atoms with Gasteiger partial charge in [0.15, 0.2) is 0 Å². The average Bonchev–Trinajstić information content (AvgIpc) is 3.18. The minimum absolute atomic E-state index is 0.180. The molecule has 0 atom stereocenters. The van der Waals surface area contributed by atoms with Crippen molar-refractivity contribution in [3.8, 4) is 11.3 Å². The van der Waals surface area contributed by atoms with E-state index >= 15 is 0 Å². The lowest BCUT2D eigenvalue weighted by Gasteiger charge is -2.06. The molecule has 0 aliphatic carbocycles. The van der Waals surface area contributed by atoms with Crippen LogP contribution < -0.4 is 5.32 Å². The normalized spacial score (nSPS) is 10.7. The maximum absolute atomic E-state index is 12.5. The van der Waals surface area contributed by atoms with Gasteiger partial charge in [-0.1, -0.05) is 18.2 Å². The summed E-state index contributed by atoms with van der Waals surface area (Å²) in [6.45, 7) is 0. The summed E-state index contributed by atoms with van der Waals surface area (Å²) in [4.78, 5) is 37.4. The number of carbonyl (C=O) groups excluding carboxylic acids is 1. The summed E-state index contributed by atoms with van der Waals surface area (Å²) in [6.07, 6.45) is 3.77. The Kier molecular flexibility index (Phi) is 4.64. The number of nitro groups is 2. The molecule has 148 valence electrons. The fourth-order valence-electron chi connectivity index (χ4n) is 2.94. The highest BCUT2D eigenvalue weighted by Crippen LogP contribution is 2.25. The van der Waals surface area contributed by atoms with E-state index in [9.17, 15) is 25.0 Å². The van der Waals surface area contributed by atoms with Crippen molar-refractivity contribution in [3.63, 3.8) is 0 Å². The molecule has 0 bridgehead atoms. The topological polar surface area (TPSA) is 133 Å². The summed E-state index contributed by atoms with van der Waals surface area (Å²) in [5, 5.41) is 24.6. The molecule has 1 N–H and O–H groups in total. The number of anilines is 1. The molecular weight excluding hydrogens is 390 g/mol. The molecule has 0 aliphatic heterocycles. The van der Waals surface area contributed by atoms with Gasteiger partial charge in [0, 0.05) is 35.8 Å². The molecule has 10 nitrogen and oxygen atoms in total. The number of benzene rings is 2. The third-order valence-electron chi connectivity index (χ3n) is 4.39. The summed E-state index contributed by atoms with van der Waals surface area (Å²) >= 11 is 0. The highest BCUT2D eigenvalue weighted by Gasteiger charge is 2.20. The number of imidazole rings is 1. The van der Waals surface area contributed by atoms with Crippen molar-refractivity contribution in [2.75, 3.05) is 5.32 Å². The van der Waals surface area contributed by atoms with Gasteiger partial charge in [0.05, 0.1) is 27.2 Å². The monoisotopic (exact) mass is 403 g/mol. The quantitative estimate of drug-likeness (QED) is 0.394. The fraction of sp³-hybridized carbons (Fsp3) is 0. The van der Waals surface area contributed by atoms with Crippen LogP contribution in [0.4, 0.5) is 17.1 Å². The molecule has 1 amide bonds. The minimum Gasteiger partial charge on any atom is -0.322 e. The third kappa shape index (κ3) is 3.69. The zero-order valence-corrected chi connectivity index (χ0v) is 15.3. The van der Waals surface area contributed by atoms with Gasteiger partial charge in [-0.15, -0.1) is 0 Å². The van der Waals surface area contributed by atoms with Crippen LogP contribution in [-0.4, -0.2) is 25.1 Å². The molecule has 2 heterocycles. The predicted molar refractivity (Wildman–Crippen MR) is 108 cm³/mol. The molecule has 0 fully saturated rings. The first-order valence-corrected chi connectivity index (χ1v) is 8.70. The van der Waals surface area contributed by atoms with Crippen molar-refractivity contribution in [1.82, 2.24) is 9.38 Å². The summed E-state index contributed by atoms with van der Waals surface area (Å²) in [5.74, 6) is -0.692. The number of nitro benzene ring substituents is 2. The summed E-state index contributed by atoms with van der Waals surface area (Å²) in [7, 11) is 0. The van der Waals surface area contributed by atoms with Crippen LogP contribution in [0.15, 0.2) is 73.1 Å². The number of hydrogen-bond acceptors (Lipinski definition) is 6. The van der Waals surface area contributed by atoms with E-state index in [0.29, 0.717) is 5.69 Å². The first-order chi connectivity index (χ1) is 14.4. The van der Waals surface area contributed by atoms with Gasteiger partial charge in [-0.3, -0.25) is 25.0 Å². The van der Waals surface area contributed by atoms with Crippen LogP contribution in [-0.2, 0) is 0 Å². The van der Waals surface area contributed by atoms with Crippen molar-refractivity contribution >= 4 is 28.6 Å². The number of rotatable bonds is 5. The van der Waals surface area contributed by atoms with Gasteiger partial charge >= 0.3 is 0 Å². The highest BCUT2D eigenvalue weighted by molar-refractivity contribution is 6.05. The van der Waals surface area contributed by atoms with Gasteiger partial charge in [-0.25, -0.2) is 4.98 Å². The lowest BCUT2D eigenvalue weighted by Crippen LogP contribution is -2.12. The Bertz CT molecular complexity index is 1230. The van der Waals surface area contributed by atoms with E-state index < -0.39 is 27.1 Å². The summed E-state index contributed by atoms with van der Waals surface area (Å²) in [5.41, 5.74) is 1.59. The molecule has 0 aliphatic rings. The molecule has 0 saturated heterocycles. The zero-order chi connectivity index (χ0) is 21.3. The molecule has 10 heteroatoms. The van der Waals surface area contributed by atoms with Crippen LogP contribution >= 0.6 is 0 Å². The molecule has 2 aromatic carbocycles. The third-order valence-corrected chi connectivity index (χ3v) is 4.39. The number of nitrogens with zero attached hydrogens (tertiary/aromatic N) is 4. The van der Waals surface area contributed by atoms with Gasteiger partial charge in [0.25, 0.3) is 17.3 Å². The van der Waals surface area contributed by atoms with Gasteiger partial charge in [-0.05, 0) is 24.3 Å². The van der Waals surface area contributed by atoms with Gasteiger partial charge < -0.3 is 9.72 Å². The van der Waals surface area contributed by atoms with E-state index in [4.69, 9.17) is 0 Å². The van der Waals surface area contributed by atoms with Crippen molar-refractivity contribution in [2.24, 2.45) is 0 Å². The number of pyridine rings is 1. The molecule has 4 aromatic rings. The van der Waals surface area contributed by atoms with E-state index in [1.165, 1.54) is 0 Å². The number of carbonyl (C=O) groups is 1. The zero-order valence-electron chi connectivity index (χ0n) is 15.3. The molecule has 4 rings (SSSR count). The molecule has 2 aromatic heterocycles. The first-order valence-electron chi connectivity index (χ1n) is 8.70. The van der Waals surface area contributed by atoms with E-state index in [2.05, 4.69) is 10.3 Å². The molecule has 0 radical (unpaired) electrons. The maximum Gasteiger partial charge on any atom is 0.277 e. The number of hydrogen-bond donors (Lipinski definition) is 1. The van der Waals surface area contributed by atoms with E-state index in [-0.39, 0.29) is 5.56 Å². The second kappa shape index (κ2) is 7.43. The van der Waals surface area contributed by atoms with Crippen LogP contribution in [0, 0.1) is 20.2 Å². The van der Waals surface area contributed by atoms with Crippen molar-refractivity contribution < 1.29 is 14.6 Å². The van der Waals surface area contributed by atoms with E-state index in [0.717, 1.165) is 35.1 Å². The lowest BCUT2D eigenvalue weighted by atomic mass is 10.1. The van der Waals surface area contributed by atoms with Crippen LogP contribution in [0.25, 0.3) is 16.9 Å². The Labute approximate surface area is 168 Å². The van der Waals surface area contributed by atoms with Gasteiger partial charge in [-0.2, -0.15) is 0 Å². The second-order valence-electron chi connectivity index (χ2n) is 6.38. The van der Waals surface area contributed by atoms with Crippen LogP contribution in [0.2, 0.25) is 0 Å². The van der Waals surface area contributed by atoms with Crippen molar-refractivity contribution in [2.45, 2.75) is 0 Å². The van der Waals surface area contributed by atoms with Gasteiger partial charge in [0.2, 0.25) is 0 Å². The SMILES string of the molecule is O=C(Nc1ccc(-c2cn3ccccc3n2)cc1)c1cc([N+](=O)[O-])cc([N+](=O)[O-])c1. The Hall–Kier alpha value is -4.60. The summed E-state index contributed by atoms with van der Waals surface area (Å²) in [6, 6.07) is 15.3. The standard InChI is InChI=1S/C20H13N5O5/c26-20(14-9-16(24(27)28)11-17(10-14)25(29)30)21-15-6-4-13(5-7-15)18-12-23-8-2-1-3-19(23)22-18/h1-12H,(H,21,26). The van der Waals surface area contributed by atoms with Gasteiger partial charge in [0.1, 0.15) is 5.65 Å². The Balaban J connectivity index is 1.56. The molecule has 0 spiro atoms.